The number of rotatable bonds is 3. The Bertz CT molecular complexity index is 208. The highest BCUT2D eigenvalue weighted by Crippen LogP contribution is 2.48. The first-order chi connectivity index (χ1) is 5.91. The summed E-state index contributed by atoms with van der Waals surface area (Å²) in [4.78, 5) is 10.9. The molecule has 0 aromatic carbocycles. The van der Waals surface area contributed by atoms with Gasteiger partial charge >= 0.3 is 6.18 Å². The molecular weight excluding hydrogens is 183 g/mol. The molecule has 1 N–H and O–H groups in total. The second-order valence-corrected chi connectivity index (χ2v) is 3.38. The Kier molecular flexibility index (Phi) is 2.54. The Morgan fingerprint density at radius 2 is 2.00 bits per heavy atom. The molecule has 1 rings (SSSR count). The topological polar surface area (TPSA) is 29.1 Å². The Morgan fingerprint density at radius 3 is 2.31 bits per heavy atom. The average Bonchev–Trinajstić information content (AvgIpc) is 2.67. The summed E-state index contributed by atoms with van der Waals surface area (Å²) in [6.45, 7) is 1.76. The van der Waals surface area contributed by atoms with E-state index in [0.717, 1.165) is 0 Å². The van der Waals surface area contributed by atoms with E-state index in [1.807, 2.05) is 5.32 Å². The molecule has 2 nitrogen and oxygen atoms in total. The van der Waals surface area contributed by atoms with Crippen LogP contribution in [0.25, 0.3) is 0 Å². The largest absolute Gasteiger partial charge is 0.411 e. The van der Waals surface area contributed by atoms with Crippen molar-refractivity contribution in [3.05, 3.63) is 0 Å². The van der Waals surface area contributed by atoms with Gasteiger partial charge in [0.2, 0.25) is 5.91 Å². The molecule has 1 saturated carbocycles. The second kappa shape index (κ2) is 3.20. The van der Waals surface area contributed by atoms with Crippen LogP contribution < -0.4 is 5.32 Å². The van der Waals surface area contributed by atoms with Crippen LogP contribution in [0.2, 0.25) is 0 Å². The Balaban J connectivity index is 2.49. The predicted molar refractivity (Wildman–Crippen MR) is 41.1 cm³/mol. The molecule has 1 fully saturated rings. The zero-order valence-corrected chi connectivity index (χ0v) is 7.37. The molecule has 0 atom stereocenters. The minimum Gasteiger partial charge on any atom is -0.342 e. The van der Waals surface area contributed by atoms with Crippen LogP contribution >= 0.6 is 0 Å². The Hall–Kier alpha value is -0.740. The maximum absolute atomic E-state index is 12.3. The van der Waals surface area contributed by atoms with Crippen LogP contribution in [-0.2, 0) is 4.79 Å². The monoisotopic (exact) mass is 195 g/mol. The number of carbonyl (C=O) groups excluding carboxylic acids is 1. The van der Waals surface area contributed by atoms with Crippen LogP contribution in [0, 0.1) is 0 Å². The van der Waals surface area contributed by atoms with Gasteiger partial charge in [-0.2, -0.15) is 13.2 Å². The van der Waals surface area contributed by atoms with Crippen LogP contribution in [0.4, 0.5) is 13.2 Å². The average molecular weight is 195 g/mol. The zero-order chi connectivity index (χ0) is 10.1. The van der Waals surface area contributed by atoms with E-state index in [9.17, 15) is 18.0 Å². The molecule has 0 spiro atoms. The summed E-state index contributed by atoms with van der Waals surface area (Å²) in [6, 6.07) is 0. The highest BCUT2D eigenvalue weighted by Gasteiger charge is 2.64. The number of halogens is 3. The van der Waals surface area contributed by atoms with Crippen molar-refractivity contribution in [2.24, 2.45) is 0 Å². The van der Waals surface area contributed by atoms with Crippen LogP contribution in [-0.4, -0.2) is 17.6 Å². The van der Waals surface area contributed by atoms with E-state index in [-0.39, 0.29) is 19.3 Å². The van der Waals surface area contributed by atoms with Crippen molar-refractivity contribution in [2.45, 2.75) is 44.3 Å². The van der Waals surface area contributed by atoms with Crippen LogP contribution in [0.15, 0.2) is 0 Å². The van der Waals surface area contributed by atoms with E-state index in [1.165, 1.54) is 0 Å². The summed E-state index contributed by atoms with van der Waals surface area (Å²) in [5.41, 5.74) is -1.89. The molecular formula is C8H12F3NO. The quantitative estimate of drug-likeness (QED) is 0.733. The van der Waals surface area contributed by atoms with Crippen LogP contribution in [0.5, 0.6) is 0 Å². The maximum Gasteiger partial charge on any atom is 0.411 e. The van der Waals surface area contributed by atoms with Crippen molar-refractivity contribution >= 4 is 5.91 Å². The summed E-state index contributed by atoms with van der Waals surface area (Å²) in [5, 5.41) is 2.04. The molecule has 0 heterocycles. The number of carbonyl (C=O) groups is 1. The van der Waals surface area contributed by atoms with Gasteiger partial charge in [0.05, 0.1) is 0 Å². The first kappa shape index (κ1) is 10.3. The molecule has 0 saturated heterocycles. The zero-order valence-electron chi connectivity index (χ0n) is 7.37. The SMILES string of the molecule is CCCC(=O)NC1(C(F)(F)F)CC1. The van der Waals surface area contributed by atoms with E-state index in [0.29, 0.717) is 6.42 Å². The molecule has 1 amide bonds. The fourth-order valence-electron chi connectivity index (χ4n) is 1.16. The molecule has 0 radical (unpaired) electrons. The summed E-state index contributed by atoms with van der Waals surface area (Å²) in [6.07, 6.45) is -3.52. The summed E-state index contributed by atoms with van der Waals surface area (Å²) >= 11 is 0. The van der Waals surface area contributed by atoms with Gasteiger partial charge in [0.25, 0.3) is 0 Å². The predicted octanol–water partition coefficient (Wildman–Crippen LogP) is 2.00. The molecule has 13 heavy (non-hydrogen) atoms. The van der Waals surface area contributed by atoms with E-state index in [4.69, 9.17) is 0 Å². The standard InChI is InChI=1S/C8H12F3NO/c1-2-3-6(13)12-7(4-5-7)8(9,10)11/h2-5H2,1H3,(H,12,13). The van der Waals surface area contributed by atoms with Gasteiger partial charge in [-0.3, -0.25) is 4.79 Å². The van der Waals surface area contributed by atoms with Crippen LogP contribution in [0.3, 0.4) is 0 Å². The molecule has 0 aliphatic heterocycles. The maximum atomic E-state index is 12.3. The lowest BCUT2D eigenvalue weighted by atomic mass is 10.2. The van der Waals surface area contributed by atoms with Crippen molar-refractivity contribution < 1.29 is 18.0 Å². The summed E-state index contributed by atoms with van der Waals surface area (Å²) in [5.74, 6) is -0.502. The molecule has 0 bridgehead atoms. The minimum absolute atomic E-state index is 0.0198. The summed E-state index contributed by atoms with van der Waals surface area (Å²) in [7, 11) is 0. The Labute approximate surface area is 74.5 Å². The number of nitrogens with one attached hydrogen (secondary N) is 1. The van der Waals surface area contributed by atoms with Crippen molar-refractivity contribution in [1.82, 2.24) is 5.32 Å². The smallest absolute Gasteiger partial charge is 0.342 e. The fraction of sp³-hybridized carbons (Fsp3) is 0.875. The van der Waals surface area contributed by atoms with E-state index in [1.54, 1.807) is 6.92 Å². The van der Waals surface area contributed by atoms with Crippen molar-refractivity contribution in [1.29, 1.82) is 0 Å². The Morgan fingerprint density at radius 1 is 1.46 bits per heavy atom. The number of amides is 1. The first-order valence-corrected chi connectivity index (χ1v) is 4.29. The third-order valence-electron chi connectivity index (χ3n) is 2.15. The van der Waals surface area contributed by atoms with Gasteiger partial charge in [-0.1, -0.05) is 6.92 Å². The first-order valence-electron chi connectivity index (χ1n) is 4.29. The lowest BCUT2D eigenvalue weighted by Gasteiger charge is -2.20. The highest BCUT2D eigenvalue weighted by atomic mass is 19.4. The van der Waals surface area contributed by atoms with Gasteiger partial charge < -0.3 is 5.32 Å². The third-order valence-corrected chi connectivity index (χ3v) is 2.15. The lowest BCUT2D eigenvalue weighted by Crippen LogP contribution is -2.47. The van der Waals surface area contributed by atoms with Gasteiger partial charge in [0, 0.05) is 6.42 Å². The van der Waals surface area contributed by atoms with E-state index in [2.05, 4.69) is 0 Å². The number of hydrogen-bond donors (Lipinski definition) is 1. The molecule has 0 aromatic heterocycles. The van der Waals surface area contributed by atoms with Gasteiger partial charge in [-0.05, 0) is 19.3 Å². The molecule has 5 heteroatoms. The molecule has 76 valence electrons. The summed E-state index contributed by atoms with van der Waals surface area (Å²) < 4.78 is 36.8. The van der Waals surface area contributed by atoms with Crippen molar-refractivity contribution in [3.63, 3.8) is 0 Å². The van der Waals surface area contributed by atoms with Crippen molar-refractivity contribution in [3.8, 4) is 0 Å². The number of hydrogen-bond acceptors (Lipinski definition) is 1. The fourth-order valence-corrected chi connectivity index (χ4v) is 1.16. The minimum atomic E-state index is -4.30. The van der Waals surface area contributed by atoms with Gasteiger partial charge in [-0.25, -0.2) is 0 Å². The highest BCUT2D eigenvalue weighted by molar-refractivity contribution is 5.77. The molecule has 1 aliphatic carbocycles. The third kappa shape index (κ3) is 2.14. The van der Waals surface area contributed by atoms with Crippen molar-refractivity contribution in [2.75, 3.05) is 0 Å². The van der Waals surface area contributed by atoms with E-state index < -0.39 is 17.6 Å². The number of alkyl halides is 3. The second-order valence-electron chi connectivity index (χ2n) is 3.38. The lowest BCUT2D eigenvalue weighted by molar-refractivity contribution is -0.170. The molecule has 0 aromatic rings. The normalized spacial score (nSPS) is 19.7. The van der Waals surface area contributed by atoms with Gasteiger partial charge in [-0.15, -0.1) is 0 Å². The van der Waals surface area contributed by atoms with E-state index >= 15 is 0 Å². The van der Waals surface area contributed by atoms with Crippen LogP contribution in [0.1, 0.15) is 32.6 Å². The van der Waals surface area contributed by atoms with Gasteiger partial charge in [0.15, 0.2) is 0 Å². The van der Waals surface area contributed by atoms with Gasteiger partial charge in [0.1, 0.15) is 5.54 Å². The molecule has 0 unspecified atom stereocenters. The molecule has 1 aliphatic rings.